The minimum atomic E-state index is 0.110. The SMILES string of the molecule is C[C@H]1C[C@H]1C(=O)Nc1ncc(Cc2ccccc2Br)s1. The molecule has 0 saturated heterocycles. The van der Waals surface area contributed by atoms with E-state index in [-0.39, 0.29) is 11.8 Å². The first-order valence-electron chi connectivity index (χ1n) is 6.62. The van der Waals surface area contributed by atoms with Crippen molar-refractivity contribution in [3.05, 3.63) is 45.4 Å². The van der Waals surface area contributed by atoms with Crippen LogP contribution in [0, 0.1) is 11.8 Å². The van der Waals surface area contributed by atoms with Gasteiger partial charge in [0.1, 0.15) is 0 Å². The lowest BCUT2D eigenvalue weighted by atomic mass is 10.1. The van der Waals surface area contributed by atoms with Gasteiger partial charge in [0.25, 0.3) is 0 Å². The maximum Gasteiger partial charge on any atom is 0.229 e. The number of benzene rings is 1. The van der Waals surface area contributed by atoms with Crippen molar-refractivity contribution in [2.75, 3.05) is 5.32 Å². The van der Waals surface area contributed by atoms with Crippen LogP contribution in [0.1, 0.15) is 23.8 Å². The average molecular weight is 351 g/mol. The molecule has 1 fully saturated rings. The maximum atomic E-state index is 11.9. The summed E-state index contributed by atoms with van der Waals surface area (Å²) in [4.78, 5) is 17.3. The number of rotatable bonds is 4. The second-order valence-corrected chi connectivity index (χ2v) is 7.18. The van der Waals surface area contributed by atoms with E-state index < -0.39 is 0 Å². The van der Waals surface area contributed by atoms with E-state index >= 15 is 0 Å². The summed E-state index contributed by atoms with van der Waals surface area (Å²) in [5.74, 6) is 0.819. The average Bonchev–Trinajstić information content (AvgIpc) is 3.00. The summed E-state index contributed by atoms with van der Waals surface area (Å²) in [6.07, 6.45) is 3.67. The fourth-order valence-corrected chi connectivity index (χ4v) is 3.43. The van der Waals surface area contributed by atoms with Gasteiger partial charge in [0.05, 0.1) is 0 Å². The second-order valence-electron chi connectivity index (χ2n) is 5.21. The third-order valence-electron chi connectivity index (χ3n) is 3.55. The fraction of sp³-hybridized carbons (Fsp3) is 0.333. The van der Waals surface area contributed by atoms with Crippen molar-refractivity contribution >= 4 is 38.3 Å². The van der Waals surface area contributed by atoms with E-state index in [1.165, 1.54) is 5.56 Å². The van der Waals surface area contributed by atoms with Gasteiger partial charge in [-0.25, -0.2) is 4.98 Å². The molecule has 20 heavy (non-hydrogen) atoms. The van der Waals surface area contributed by atoms with Crippen molar-refractivity contribution in [3.63, 3.8) is 0 Å². The van der Waals surface area contributed by atoms with Crippen LogP contribution >= 0.6 is 27.3 Å². The van der Waals surface area contributed by atoms with Crippen LogP contribution < -0.4 is 5.32 Å². The topological polar surface area (TPSA) is 42.0 Å². The lowest BCUT2D eigenvalue weighted by molar-refractivity contribution is -0.117. The molecule has 1 amide bonds. The number of aromatic nitrogens is 1. The molecule has 5 heteroatoms. The van der Waals surface area contributed by atoms with Crippen LogP contribution in [0.5, 0.6) is 0 Å². The third kappa shape index (κ3) is 3.10. The van der Waals surface area contributed by atoms with Crippen LogP contribution in [-0.4, -0.2) is 10.9 Å². The van der Waals surface area contributed by atoms with Crippen LogP contribution in [0.2, 0.25) is 0 Å². The van der Waals surface area contributed by atoms with Gasteiger partial charge in [-0.2, -0.15) is 0 Å². The van der Waals surface area contributed by atoms with Gasteiger partial charge in [-0.3, -0.25) is 4.79 Å². The Morgan fingerprint density at radius 1 is 1.50 bits per heavy atom. The zero-order valence-electron chi connectivity index (χ0n) is 11.1. The highest BCUT2D eigenvalue weighted by Crippen LogP contribution is 2.38. The van der Waals surface area contributed by atoms with Gasteiger partial charge in [0, 0.05) is 27.9 Å². The number of carbonyl (C=O) groups is 1. The maximum absolute atomic E-state index is 11.9. The van der Waals surface area contributed by atoms with Crippen molar-refractivity contribution < 1.29 is 4.79 Å². The van der Waals surface area contributed by atoms with E-state index in [0.717, 1.165) is 22.2 Å². The van der Waals surface area contributed by atoms with Crippen LogP contribution in [0.15, 0.2) is 34.9 Å². The van der Waals surface area contributed by atoms with E-state index in [1.807, 2.05) is 24.4 Å². The molecule has 0 aliphatic heterocycles. The highest BCUT2D eigenvalue weighted by atomic mass is 79.9. The van der Waals surface area contributed by atoms with Crippen molar-refractivity contribution in [2.45, 2.75) is 19.8 Å². The molecule has 2 aromatic rings. The van der Waals surface area contributed by atoms with Gasteiger partial charge in [0.15, 0.2) is 5.13 Å². The van der Waals surface area contributed by atoms with Crippen molar-refractivity contribution in [1.29, 1.82) is 0 Å². The zero-order chi connectivity index (χ0) is 14.1. The summed E-state index contributed by atoms with van der Waals surface area (Å²) in [7, 11) is 0. The summed E-state index contributed by atoms with van der Waals surface area (Å²) in [5.41, 5.74) is 1.23. The Morgan fingerprint density at radius 2 is 2.25 bits per heavy atom. The predicted molar refractivity (Wildman–Crippen MR) is 85.0 cm³/mol. The Bertz CT molecular complexity index is 640. The van der Waals surface area contributed by atoms with Crippen LogP contribution in [0.4, 0.5) is 5.13 Å². The number of nitrogens with one attached hydrogen (secondary N) is 1. The fourth-order valence-electron chi connectivity index (χ4n) is 2.16. The van der Waals surface area contributed by atoms with Crippen LogP contribution in [0.3, 0.4) is 0 Å². The molecular formula is C15H15BrN2OS. The smallest absolute Gasteiger partial charge is 0.229 e. The Hall–Kier alpha value is -1.20. The Balaban J connectivity index is 1.65. The summed E-state index contributed by atoms with van der Waals surface area (Å²) in [5, 5.41) is 3.62. The first-order valence-corrected chi connectivity index (χ1v) is 8.23. The summed E-state index contributed by atoms with van der Waals surface area (Å²) >= 11 is 5.10. The molecule has 0 spiro atoms. The molecule has 1 heterocycles. The quantitative estimate of drug-likeness (QED) is 0.902. The van der Waals surface area contributed by atoms with E-state index in [2.05, 4.69) is 39.2 Å². The molecule has 3 nitrogen and oxygen atoms in total. The number of hydrogen-bond acceptors (Lipinski definition) is 3. The lowest BCUT2D eigenvalue weighted by Crippen LogP contribution is -2.13. The largest absolute Gasteiger partial charge is 0.302 e. The summed E-state index contributed by atoms with van der Waals surface area (Å²) < 4.78 is 1.10. The Kier molecular flexibility index (Phi) is 3.89. The molecule has 1 N–H and O–H groups in total. The van der Waals surface area contributed by atoms with Crippen molar-refractivity contribution in [3.8, 4) is 0 Å². The monoisotopic (exact) mass is 350 g/mol. The molecule has 0 bridgehead atoms. The lowest BCUT2D eigenvalue weighted by Gasteiger charge is -2.01. The van der Waals surface area contributed by atoms with E-state index in [4.69, 9.17) is 0 Å². The molecule has 0 radical (unpaired) electrons. The number of nitrogens with zero attached hydrogens (tertiary/aromatic N) is 1. The van der Waals surface area contributed by atoms with Crippen LogP contribution in [-0.2, 0) is 11.2 Å². The van der Waals surface area contributed by atoms with Gasteiger partial charge in [-0.05, 0) is 24.0 Å². The number of hydrogen-bond donors (Lipinski definition) is 1. The normalized spacial score (nSPS) is 20.7. The summed E-state index contributed by atoms with van der Waals surface area (Å²) in [6.45, 7) is 2.10. The minimum absolute atomic E-state index is 0.110. The highest BCUT2D eigenvalue weighted by molar-refractivity contribution is 9.10. The Morgan fingerprint density at radius 3 is 2.95 bits per heavy atom. The zero-order valence-corrected chi connectivity index (χ0v) is 13.5. The van der Waals surface area contributed by atoms with Crippen molar-refractivity contribution in [1.82, 2.24) is 4.98 Å². The van der Waals surface area contributed by atoms with Gasteiger partial charge >= 0.3 is 0 Å². The Labute approximate surface area is 130 Å². The van der Waals surface area contributed by atoms with Gasteiger partial charge < -0.3 is 5.32 Å². The molecule has 1 aromatic heterocycles. The number of carbonyl (C=O) groups excluding carboxylic acids is 1. The number of amides is 1. The first-order chi connectivity index (χ1) is 9.63. The van der Waals surface area contributed by atoms with E-state index in [9.17, 15) is 4.79 Å². The van der Waals surface area contributed by atoms with Gasteiger partial charge in [-0.1, -0.05) is 41.1 Å². The number of halogens is 1. The van der Waals surface area contributed by atoms with Gasteiger partial charge in [-0.15, -0.1) is 11.3 Å². The predicted octanol–water partition coefficient (Wildman–Crippen LogP) is 4.09. The molecule has 1 aliphatic carbocycles. The number of thiazole rings is 1. The molecule has 0 unspecified atom stereocenters. The molecule has 3 rings (SSSR count). The summed E-state index contributed by atoms with van der Waals surface area (Å²) in [6, 6.07) is 8.16. The van der Waals surface area contributed by atoms with Gasteiger partial charge in [0.2, 0.25) is 5.91 Å². The second kappa shape index (κ2) is 5.66. The van der Waals surface area contributed by atoms with E-state index in [1.54, 1.807) is 11.3 Å². The molecule has 1 saturated carbocycles. The molecule has 1 aromatic carbocycles. The molecule has 1 aliphatic rings. The molecule has 104 valence electrons. The minimum Gasteiger partial charge on any atom is -0.302 e. The third-order valence-corrected chi connectivity index (χ3v) is 5.24. The number of anilines is 1. The highest BCUT2D eigenvalue weighted by Gasteiger charge is 2.39. The standard InChI is InChI=1S/C15H15BrN2OS/c1-9-6-12(9)14(19)18-15-17-8-11(20-15)7-10-4-2-3-5-13(10)16/h2-5,8-9,12H,6-7H2,1H3,(H,17,18,19)/t9-,12+/m0/s1. The van der Waals surface area contributed by atoms with Crippen molar-refractivity contribution in [2.24, 2.45) is 11.8 Å². The van der Waals surface area contributed by atoms with E-state index in [0.29, 0.717) is 11.0 Å². The molecular weight excluding hydrogens is 336 g/mol. The van der Waals surface area contributed by atoms with Crippen LogP contribution in [0.25, 0.3) is 0 Å². The first kappa shape index (κ1) is 13.8. The molecule has 2 atom stereocenters.